The highest BCUT2D eigenvalue weighted by molar-refractivity contribution is 5.79. The predicted octanol–water partition coefficient (Wildman–Crippen LogP) is 0.999. The second-order valence-corrected chi connectivity index (χ2v) is 5.34. The third kappa shape index (κ3) is 2.80. The van der Waals surface area contributed by atoms with Gasteiger partial charge in [0.1, 0.15) is 0 Å². The Hall–Kier alpha value is -0.610. The fraction of sp³-hybridized carbons (Fsp3) is 0.923. The largest absolute Gasteiger partial charge is 0.377 e. The highest BCUT2D eigenvalue weighted by atomic mass is 16.5. The lowest BCUT2D eigenvalue weighted by atomic mass is 9.78. The number of hydrogen-bond acceptors (Lipinski definition) is 3. The summed E-state index contributed by atoms with van der Waals surface area (Å²) in [6.07, 6.45) is 4.53. The van der Waals surface area contributed by atoms with E-state index in [1.807, 2.05) is 4.90 Å². The van der Waals surface area contributed by atoms with Crippen LogP contribution in [0, 0.1) is 11.8 Å². The molecule has 4 nitrogen and oxygen atoms in total. The monoisotopic (exact) mass is 240 g/mol. The van der Waals surface area contributed by atoms with Gasteiger partial charge in [0, 0.05) is 12.5 Å². The van der Waals surface area contributed by atoms with E-state index in [0.717, 1.165) is 19.4 Å². The molecule has 1 aliphatic carbocycles. The Labute approximate surface area is 103 Å². The van der Waals surface area contributed by atoms with E-state index in [1.54, 1.807) is 0 Å². The molecule has 3 unspecified atom stereocenters. The minimum absolute atomic E-state index is 0.161. The van der Waals surface area contributed by atoms with Gasteiger partial charge in [-0.2, -0.15) is 0 Å². The molecule has 1 saturated carbocycles. The molecule has 0 bridgehead atoms. The molecule has 0 aromatic heterocycles. The van der Waals surface area contributed by atoms with Crippen LogP contribution in [0.15, 0.2) is 0 Å². The average Bonchev–Trinajstić information content (AvgIpc) is 2.38. The summed E-state index contributed by atoms with van der Waals surface area (Å²) < 4.78 is 5.38. The minimum atomic E-state index is 0.161. The SMILES string of the molecule is CC1COCCN1C(=O)C1CCCCC1CN. The lowest BCUT2D eigenvalue weighted by Gasteiger charge is -2.39. The number of nitrogens with zero attached hydrogens (tertiary/aromatic N) is 1. The van der Waals surface area contributed by atoms with Crippen molar-refractivity contribution in [2.24, 2.45) is 17.6 Å². The summed E-state index contributed by atoms with van der Waals surface area (Å²) in [7, 11) is 0. The van der Waals surface area contributed by atoms with Crippen LogP contribution in [-0.4, -0.2) is 43.2 Å². The lowest BCUT2D eigenvalue weighted by molar-refractivity contribution is -0.146. The zero-order chi connectivity index (χ0) is 12.3. The maximum absolute atomic E-state index is 12.5. The van der Waals surface area contributed by atoms with Crippen LogP contribution in [0.25, 0.3) is 0 Å². The van der Waals surface area contributed by atoms with Gasteiger partial charge in [0.05, 0.1) is 19.3 Å². The lowest BCUT2D eigenvalue weighted by Crippen LogP contribution is -2.51. The van der Waals surface area contributed by atoms with Crippen molar-refractivity contribution in [2.45, 2.75) is 38.6 Å². The van der Waals surface area contributed by atoms with E-state index in [-0.39, 0.29) is 12.0 Å². The molecule has 2 N–H and O–H groups in total. The fourth-order valence-electron chi connectivity index (χ4n) is 3.08. The van der Waals surface area contributed by atoms with Gasteiger partial charge < -0.3 is 15.4 Å². The average molecular weight is 240 g/mol. The van der Waals surface area contributed by atoms with E-state index >= 15 is 0 Å². The first-order chi connectivity index (χ1) is 8.24. The Balaban J connectivity index is 2.01. The van der Waals surface area contributed by atoms with Crippen LogP contribution < -0.4 is 5.73 Å². The Kier molecular flexibility index (Phi) is 4.40. The van der Waals surface area contributed by atoms with Crippen molar-refractivity contribution in [1.82, 2.24) is 4.90 Å². The predicted molar refractivity (Wildman–Crippen MR) is 66.5 cm³/mol. The Morgan fingerprint density at radius 1 is 1.41 bits per heavy atom. The van der Waals surface area contributed by atoms with Gasteiger partial charge in [-0.25, -0.2) is 0 Å². The molecule has 2 aliphatic rings. The van der Waals surface area contributed by atoms with E-state index in [2.05, 4.69) is 6.92 Å². The van der Waals surface area contributed by atoms with Crippen LogP contribution in [0.4, 0.5) is 0 Å². The number of amides is 1. The van der Waals surface area contributed by atoms with E-state index in [9.17, 15) is 4.79 Å². The Morgan fingerprint density at radius 3 is 2.88 bits per heavy atom. The van der Waals surface area contributed by atoms with Gasteiger partial charge in [-0.1, -0.05) is 12.8 Å². The summed E-state index contributed by atoms with van der Waals surface area (Å²) in [6.45, 7) is 4.81. The van der Waals surface area contributed by atoms with Crippen LogP contribution in [-0.2, 0) is 9.53 Å². The summed E-state index contributed by atoms with van der Waals surface area (Å²) in [6, 6.07) is 0.219. The summed E-state index contributed by atoms with van der Waals surface area (Å²) in [5, 5.41) is 0. The topological polar surface area (TPSA) is 55.6 Å². The number of hydrogen-bond donors (Lipinski definition) is 1. The molecule has 17 heavy (non-hydrogen) atoms. The maximum atomic E-state index is 12.5. The molecule has 1 heterocycles. The first-order valence-corrected chi connectivity index (χ1v) is 6.82. The molecular weight excluding hydrogens is 216 g/mol. The van der Waals surface area contributed by atoms with Gasteiger partial charge in [0.15, 0.2) is 0 Å². The van der Waals surface area contributed by atoms with Crippen LogP contribution in [0.3, 0.4) is 0 Å². The molecule has 2 rings (SSSR count). The molecule has 3 atom stereocenters. The zero-order valence-corrected chi connectivity index (χ0v) is 10.7. The molecule has 0 aromatic rings. The van der Waals surface area contributed by atoms with Crippen LogP contribution in [0.2, 0.25) is 0 Å². The van der Waals surface area contributed by atoms with Gasteiger partial charge in [0.2, 0.25) is 5.91 Å². The highest BCUT2D eigenvalue weighted by Crippen LogP contribution is 2.31. The number of carbonyl (C=O) groups excluding carboxylic acids is 1. The maximum Gasteiger partial charge on any atom is 0.226 e. The molecule has 98 valence electrons. The molecule has 1 saturated heterocycles. The number of ether oxygens (including phenoxy) is 1. The molecule has 4 heteroatoms. The molecule has 1 aliphatic heterocycles. The van der Waals surface area contributed by atoms with Gasteiger partial charge >= 0.3 is 0 Å². The van der Waals surface area contributed by atoms with Crippen molar-refractivity contribution < 1.29 is 9.53 Å². The Morgan fingerprint density at radius 2 is 2.18 bits per heavy atom. The van der Waals surface area contributed by atoms with E-state index in [1.165, 1.54) is 12.8 Å². The quantitative estimate of drug-likeness (QED) is 0.783. The van der Waals surface area contributed by atoms with Gasteiger partial charge in [-0.3, -0.25) is 4.79 Å². The van der Waals surface area contributed by atoms with E-state index in [0.29, 0.717) is 31.6 Å². The number of carbonyl (C=O) groups is 1. The normalized spacial score (nSPS) is 34.7. The van der Waals surface area contributed by atoms with Crippen LogP contribution in [0.5, 0.6) is 0 Å². The summed E-state index contributed by atoms with van der Waals surface area (Å²) in [4.78, 5) is 14.5. The molecule has 0 spiro atoms. The van der Waals surface area contributed by atoms with Crippen molar-refractivity contribution in [3.63, 3.8) is 0 Å². The minimum Gasteiger partial charge on any atom is -0.377 e. The Bertz CT molecular complexity index is 270. The zero-order valence-electron chi connectivity index (χ0n) is 10.7. The fourth-order valence-corrected chi connectivity index (χ4v) is 3.08. The molecule has 0 radical (unpaired) electrons. The van der Waals surface area contributed by atoms with Gasteiger partial charge in [-0.05, 0) is 32.2 Å². The first kappa shape index (κ1) is 12.8. The third-order valence-electron chi connectivity index (χ3n) is 4.18. The molecule has 1 amide bonds. The van der Waals surface area contributed by atoms with Crippen molar-refractivity contribution in [2.75, 3.05) is 26.3 Å². The van der Waals surface area contributed by atoms with E-state index in [4.69, 9.17) is 10.5 Å². The van der Waals surface area contributed by atoms with E-state index < -0.39 is 0 Å². The second-order valence-electron chi connectivity index (χ2n) is 5.34. The van der Waals surface area contributed by atoms with Gasteiger partial charge in [0.25, 0.3) is 0 Å². The summed E-state index contributed by atoms with van der Waals surface area (Å²) >= 11 is 0. The summed E-state index contributed by atoms with van der Waals surface area (Å²) in [5.74, 6) is 0.872. The van der Waals surface area contributed by atoms with Crippen molar-refractivity contribution in [3.05, 3.63) is 0 Å². The van der Waals surface area contributed by atoms with Crippen LogP contribution in [0.1, 0.15) is 32.6 Å². The van der Waals surface area contributed by atoms with Crippen molar-refractivity contribution in [3.8, 4) is 0 Å². The highest BCUT2D eigenvalue weighted by Gasteiger charge is 2.35. The van der Waals surface area contributed by atoms with Crippen molar-refractivity contribution in [1.29, 1.82) is 0 Å². The van der Waals surface area contributed by atoms with Gasteiger partial charge in [-0.15, -0.1) is 0 Å². The smallest absolute Gasteiger partial charge is 0.226 e. The molecular formula is C13H24N2O2. The number of nitrogens with two attached hydrogens (primary N) is 1. The molecule has 2 fully saturated rings. The number of rotatable bonds is 2. The van der Waals surface area contributed by atoms with Crippen molar-refractivity contribution >= 4 is 5.91 Å². The second kappa shape index (κ2) is 5.83. The summed E-state index contributed by atoms with van der Waals surface area (Å²) in [5.41, 5.74) is 5.80. The van der Waals surface area contributed by atoms with Crippen LogP contribution >= 0.6 is 0 Å². The first-order valence-electron chi connectivity index (χ1n) is 6.82. The molecule has 0 aromatic carbocycles. The standard InChI is InChI=1S/C13H24N2O2/c1-10-9-17-7-6-15(10)13(16)12-5-3-2-4-11(12)8-14/h10-12H,2-9,14H2,1H3. The number of morpholine rings is 1. The third-order valence-corrected chi connectivity index (χ3v) is 4.18.